The molecule has 3 rings (SSSR count). The highest BCUT2D eigenvalue weighted by atomic mass is 35.5. The van der Waals surface area contributed by atoms with E-state index in [0.29, 0.717) is 22.0 Å². The number of carbonyl (C=O) groups excluding carboxylic acids is 1. The topological polar surface area (TPSA) is 84.5 Å². The van der Waals surface area contributed by atoms with Gasteiger partial charge in [-0.1, -0.05) is 23.7 Å². The fourth-order valence-corrected chi connectivity index (χ4v) is 4.21. The van der Waals surface area contributed by atoms with Crippen LogP contribution in [-0.2, 0) is 14.8 Å². The fraction of sp³-hybridized carbons (Fsp3) is 0.174. The number of amides is 1. The van der Waals surface area contributed by atoms with E-state index in [4.69, 9.17) is 16.3 Å². The number of ether oxygens (including phenoxy) is 1. The highest BCUT2D eigenvalue weighted by Crippen LogP contribution is 2.24. The van der Waals surface area contributed by atoms with Crippen molar-refractivity contribution in [3.8, 4) is 5.75 Å². The Hall–Kier alpha value is -3.10. The van der Waals surface area contributed by atoms with Crippen molar-refractivity contribution in [2.45, 2.75) is 24.8 Å². The van der Waals surface area contributed by atoms with Crippen LogP contribution in [-0.4, -0.2) is 20.9 Å². The highest BCUT2D eigenvalue weighted by molar-refractivity contribution is 7.92. The van der Waals surface area contributed by atoms with Crippen LogP contribution in [0, 0.1) is 12.7 Å². The summed E-state index contributed by atoms with van der Waals surface area (Å²) in [6, 6.07) is 16.2. The van der Waals surface area contributed by atoms with E-state index in [9.17, 15) is 17.6 Å². The van der Waals surface area contributed by atoms with E-state index in [2.05, 4.69) is 10.0 Å². The zero-order valence-electron chi connectivity index (χ0n) is 17.4. The van der Waals surface area contributed by atoms with Gasteiger partial charge in [-0.2, -0.15) is 0 Å². The van der Waals surface area contributed by atoms with Crippen LogP contribution < -0.4 is 14.8 Å². The van der Waals surface area contributed by atoms with Gasteiger partial charge in [-0.05, 0) is 79.6 Å². The monoisotopic (exact) mass is 476 g/mol. The maximum Gasteiger partial charge on any atom is 0.261 e. The lowest BCUT2D eigenvalue weighted by Crippen LogP contribution is -2.31. The van der Waals surface area contributed by atoms with Crippen LogP contribution in [0.4, 0.5) is 10.1 Å². The number of nitrogens with one attached hydrogen (secondary N) is 2. The summed E-state index contributed by atoms with van der Waals surface area (Å²) in [7, 11) is -3.80. The molecule has 0 aliphatic rings. The molecule has 6 nitrogen and oxygen atoms in total. The Balaban J connectivity index is 1.60. The molecule has 0 fully saturated rings. The van der Waals surface area contributed by atoms with E-state index in [1.807, 2.05) is 0 Å². The van der Waals surface area contributed by atoms with Crippen LogP contribution in [0.2, 0.25) is 5.02 Å². The van der Waals surface area contributed by atoms with Gasteiger partial charge < -0.3 is 10.1 Å². The molecule has 3 aromatic rings. The normalized spacial score (nSPS) is 12.1. The third-order valence-corrected chi connectivity index (χ3v) is 6.29. The van der Waals surface area contributed by atoms with Crippen LogP contribution in [0.3, 0.4) is 0 Å². The number of sulfonamides is 1. The quantitative estimate of drug-likeness (QED) is 0.487. The zero-order chi connectivity index (χ0) is 23.3. The molecule has 0 saturated carbocycles. The highest BCUT2D eigenvalue weighted by Gasteiger charge is 2.17. The Morgan fingerprint density at radius 2 is 1.72 bits per heavy atom. The molecule has 1 atom stereocenters. The molecule has 0 bridgehead atoms. The van der Waals surface area contributed by atoms with Crippen molar-refractivity contribution in [1.29, 1.82) is 0 Å². The summed E-state index contributed by atoms with van der Waals surface area (Å²) in [6.45, 7) is 3.22. The molecule has 9 heteroatoms. The zero-order valence-corrected chi connectivity index (χ0v) is 19.0. The number of halogens is 2. The minimum atomic E-state index is -3.80. The predicted molar refractivity (Wildman–Crippen MR) is 122 cm³/mol. The minimum absolute atomic E-state index is 0.0617. The van der Waals surface area contributed by atoms with Crippen molar-refractivity contribution < 1.29 is 22.3 Å². The lowest BCUT2D eigenvalue weighted by atomic mass is 10.1. The predicted octanol–water partition coefficient (Wildman–Crippen LogP) is 4.84. The third kappa shape index (κ3) is 6.21. The molecule has 0 spiro atoms. The first-order valence-corrected chi connectivity index (χ1v) is 11.6. The van der Waals surface area contributed by atoms with Gasteiger partial charge in [-0.15, -0.1) is 0 Å². The van der Waals surface area contributed by atoms with Crippen LogP contribution in [0.15, 0.2) is 71.6 Å². The van der Waals surface area contributed by atoms with Crippen molar-refractivity contribution in [1.82, 2.24) is 5.32 Å². The summed E-state index contributed by atoms with van der Waals surface area (Å²) in [5.41, 5.74) is 1.71. The largest absolute Gasteiger partial charge is 0.484 e. The number of aryl methyl sites for hydroxylation is 1. The van der Waals surface area contributed by atoms with E-state index in [-0.39, 0.29) is 29.3 Å². The first-order chi connectivity index (χ1) is 15.1. The molecule has 0 unspecified atom stereocenters. The second-order valence-corrected chi connectivity index (χ2v) is 9.29. The molecule has 168 valence electrons. The molecule has 0 aromatic heterocycles. The van der Waals surface area contributed by atoms with Gasteiger partial charge in [-0.25, -0.2) is 12.8 Å². The summed E-state index contributed by atoms with van der Waals surface area (Å²) in [5.74, 6) is -0.317. The van der Waals surface area contributed by atoms with E-state index < -0.39 is 10.0 Å². The van der Waals surface area contributed by atoms with Crippen LogP contribution in [0.1, 0.15) is 24.1 Å². The fourth-order valence-electron chi connectivity index (χ4n) is 2.94. The van der Waals surface area contributed by atoms with E-state index >= 15 is 0 Å². The number of hydrogen-bond donors (Lipinski definition) is 2. The summed E-state index contributed by atoms with van der Waals surface area (Å²) in [4.78, 5) is 12.3. The Morgan fingerprint density at radius 3 is 2.34 bits per heavy atom. The summed E-state index contributed by atoms with van der Waals surface area (Å²) in [5, 5.41) is 3.27. The second kappa shape index (κ2) is 10.0. The Kier molecular flexibility index (Phi) is 7.37. The number of anilines is 1. The van der Waals surface area contributed by atoms with Crippen LogP contribution >= 0.6 is 11.6 Å². The van der Waals surface area contributed by atoms with Gasteiger partial charge in [0.15, 0.2) is 6.61 Å². The SMILES string of the molecule is Cc1cc(S(=O)(=O)Nc2ccc(Cl)cc2)ccc1OCC(=O)N[C@@H](C)c1ccc(F)cc1. The number of hydrogen-bond acceptors (Lipinski definition) is 4. The lowest BCUT2D eigenvalue weighted by Gasteiger charge is -2.16. The number of benzene rings is 3. The van der Waals surface area contributed by atoms with Gasteiger partial charge >= 0.3 is 0 Å². The molecule has 3 aromatic carbocycles. The van der Waals surface area contributed by atoms with Crippen molar-refractivity contribution in [2.75, 3.05) is 11.3 Å². The summed E-state index contributed by atoms with van der Waals surface area (Å²) in [6.07, 6.45) is 0. The number of rotatable bonds is 8. The second-order valence-electron chi connectivity index (χ2n) is 7.17. The smallest absolute Gasteiger partial charge is 0.261 e. The van der Waals surface area contributed by atoms with Crippen molar-refractivity contribution >= 4 is 33.2 Å². The average Bonchev–Trinajstić information content (AvgIpc) is 2.74. The van der Waals surface area contributed by atoms with Gasteiger partial charge in [0.2, 0.25) is 0 Å². The van der Waals surface area contributed by atoms with E-state index in [0.717, 1.165) is 5.56 Å². The van der Waals surface area contributed by atoms with E-state index in [1.54, 1.807) is 50.2 Å². The Labute approximate surface area is 191 Å². The molecule has 0 radical (unpaired) electrons. The first-order valence-electron chi connectivity index (χ1n) is 9.71. The van der Waals surface area contributed by atoms with Gasteiger partial charge in [-0.3, -0.25) is 9.52 Å². The molecular weight excluding hydrogens is 455 g/mol. The molecule has 1 amide bonds. The molecule has 0 saturated heterocycles. The molecule has 32 heavy (non-hydrogen) atoms. The molecule has 0 aliphatic heterocycles. The maximum absolute atomic E-state index is 13.0. The van der Waals surface area contributed by atoms with Crippen molar-refractivity contribution in [3.05, 3.63) is 88.7 Å². The van der Waals surface area contributed by atoms with Gasteiger partial charge in [0.05, 0.1) is 10.9 Å². The van der Waals surface area contributed by atoms with Crippen LogP contribution in [0.25, 0.3) is 0 Å². The Bertz CT molecular complexity index is 1200. The average molecular weight is 477 g/mol. The van der Waals surface area contributed by atoms with Gasteiger partial charge in [0.1, 0.15) is 11.6 Å². The molecule has 0 heterocycles. The maximum atomic E-state index is 13.0. The lowest BCUT2D eigenvalue weighted by molar-refractivity contribution is -0.123. The molecular formula is C23H22ClFN2O4S. The van der Waals surface area contributed by atoms with Gasteiger partial charge in [0, 0.05) is 10.7 Å². The summed E-state index contributed by atoms with van der Waals surface area (Å²) >= 11 is 5.82. The van der Waals surface area contributed by atoms with Crippen molar-refractivity contribution in [2.24, 2.45) is 0 Å². The molecule has 0 aliphatic carbocycles. The number of carbonyl (C=O) groups is 1. The standard InChI is InChI=1S/C23H22ClFN2O4S/c1-15-13-21(32(29,30)27-20-9-5-18(24)6-10-20)11-12-22(15)31-14-23(28)26-16(2)17-3-7-19(25)8-4-17/h3-13,16,27H,14H2,1-2H3,(H,26,28)/t16-/m0/s1. The Morgan fingerprint density at radius 1 is 1.06 bits per heavy atom. The van der Waals surface area contributed by atoms with E-state index in [1.165, 1.54) is 30.3 Å². The third-order valence-electron chi connectivity index (χ3n) is 4.66. The van der Waals surface area contributed by atoms with Gasteiger partial charge in [0.25, 0.3) is 15.9 Å². The minimum Gasteiger partial charge on any atom is -0.484 e. The summed E-state index contributed by atoms with van der Waals surface area (Å²) < 4.78 is 46.3. The first kappa shape index (κ1) is 23.6. The molecule has 2 N–H and O–H groups in total. The van der Waals surface area contributed by atoms with Crippen molar-refractivity contribution in [3.63, 3.8) is 0 Å². The van der Waals surface area contributed by atoms with Crippen LogP contribution in [0.5, 0.6) is 5.75 Å².